The molecule has 0 aliphatic carbocycles. The number of carbonyl (C=O) groups is 1. The molecule has 26 heavy (non-hydrogen) atoms. The zero-order valence-corrected chi connectivity index (χ0v) is 14.5. The highest BCUT2D eigenvalue weighted by Crippen LogP contribution is 2.42. The van der Waals surface area contributed by atoms with Crippen molar-refractivity contribution in [2.24, 2.45) is 5.92 Å². The Morgan fingerprint density at radius 1 is 0.769 bits per heavy atom. The summed E-state index contributed by atoms with van der Waals surface area (Å²) >= 11 is 0. The number of rotatable bonds is 5. The molecule has 1 heterocycles. The molecular weight excluding hydrogens is 318 g/mol. The van der Waals surface area contributed by atoms with Gasteiger partial charge in [-0.25, -0.2) is 0 Å². The fourth-order valence-electron chi connectivity index (χ4n) is 3.54. The summed E-state index contributed by atoms with van der Waals surface area (Å²) in [6.45, 7) is 0.648. The van der Waals surface area contributed by atoms with Crippen LogP contribution in [0.1, 0.15) is 22.7 Å². The molecule has 4 rings (SSSR count). The van der Waals surface area contributed by atoms with Crippen LogP contribution in [-0.2, 0) is 11.3 Å². The average molecular weight is 339 g/mol. The number of β-lactam (4-membered cyclic amide) rings is 1. The van der Waals surface area contributed by atoms with Gasteiger partial charge in [0.1, 0.15) is 0 Å². The summed E-state index contributed by atoms with van der Waals surface area (Å²) in [4.78, 5) is 14.8. The van der Waals surface area contributed by atoms with E-state index >= 15 is 0 Å². The standard InChI is InChI=1S/C24H21NO/c26-24-22(17-16-19-10-4-1-5-11-19)23(21-14-8-3-9-15-21)25(24)18-20-12-6-2-7-13-20/h1-17,22-23H,18H2/b17-16+/t22-,23-/m1/s1. The minimum atomic E-state index is -0.110. The van der Waals surface area contributed by atoms with Crippen LogP contribution in [0.5, 0.6) is 0 Å². The van der Waals surface area contributed by atoms with Gasteiger partial charge in [-0.05, 0) is 16.7 Å². The van der Waals surface area contributed by atoms with Crippen LogP contribution in [0.4, 0.5) is 0 Å². The summed E-state index contributed by atoms with van der Waals surface area (Å²) in [6, 6.07) is 30.7. The molecule has 1 amide bonds. The largest absolute Gasteiger partial charge is 0.330 e. The highest BCUT2D eigenvalue weighted by Gasteiger charge is 2.46. The first-order valence-corrected chi connectivity index (χ1v) is 8.95. The van der Waals surface area contributed by atoms with E-state index in [1.807, 2.05) is 59.5 Å². The van der Waals surface area contributed by atoms with Crippen LogP contribution in [0.25, 0.3) is 6.08 Å². The third-order valence-corrected chi connectivity index (χ3v) is 4.88. The number of likely N-dealkylation sites (tertiary alicyclic amines) is 1. The lowest BCUT2D eigenvalue weighted by atomic mass is 9.81. The summed E-state index contributed by atoms with van der Waals surface area (Å²) in [5.41, 5.74) is 3.46. The minimum Gasteiger partial charge on any atom is -0.330 e. The zero-order chi connectivity index (χ0) is 17.8. The van der Waals surface area contributed by atoms with Crippen molar-refractivity contribution in [1.82, 2.24) is 4.90 Å². The second-order valence-corrected chi connectivity index (χ2v) is 6.60. The molecule has 1 aliphatic heterocycles. The summed E-state index contributed by atoms with van der Waals surface area (Å²) in [7, 11) is 0. The van der Waals surface area contributed by atoms with Gasteiger partial charge >= 0.3 is 0 Å². The van der Waals surface area contributed by atoms with Crippen LogP contribution in [0.2, 0.25) is 0 Å². The Balaban J connectivity index is 1.60. The number of amides is 1. The lowest BCUT2D eigenvalue weighted by molar-refractivity contribution is -0.154. The third kappa shape index (κ3) is 3.31. The van der Waals surface area contributed by atoms with Crippen LogP contribution >= 0.6 is 0 Å². The van der Waals surface area contributed by atoms with Gasteiger partial charge in [0.2, 0.25) is 5.91 Å². The van der Waals surface area contributed by atoms with E-state index in [1.54, 1.807) is 0 Å². The van der Waals surface area contributed by atoms with Crippen molar-refractivity contribution in [3.8, 4) is 0 Å². The van der Waals surface area contributed by atoms with Crippen molar-refractivity contribution < 1.29 is 4.79 Å². The summed E-state index contributed by atoms with van der Waals surface area (Å²) in [6.07, 6.45) is 4.11. The molecule has 3 aromatic rings. The molecule has 2 atom stereocenters. The van der Waals surface area contributed by atoms with Crippen molar-refractivity contribution in [3.05, 3.63) is 114 Å². The van der Waals surface area contributed by atoms with Crippen molar-refractivity contribution in [1.29, 1.82) is 0 Å². The highest BCUT2D eigenvalue weighted by molar-refractivity contribution is 5.89. The maximum Gasteiger partial charge on any atom is 0.232 e. The minimum absolute atomic E-state index is 0.0869. The first-order valence-electron chi connectivity index (χ1n) is 8.95. The van der Waals surface area contributed by atoms with Gasteiger partial charge in [-0.15, -0.1) is 0 Å². The van der Waals surface area contributed by atoms with Crippen molar-refractivity contribution in [2.45, 2.75) is 12.6 Å². The van der Waals surface area contributed by atoms with Gasteiger partial charge in [0.15, 0.2) is 0 Å². The molecule has 1 saturated heterocycles. The van der Waals surface area contributed by atoms with E-state index in [4.69, 9.17) is 0 Å². The monoisotopic (exact) mass is 339 g/mol. The van der Waals surface area contributed by atoms with E-state index in [0.717, 1.165) is 11.1 Å². The highest BCUT2D eigenvalue weighted by atomic mass is 16.2. The normalized spacial score (nSPS) is 19.5. The molecule has 0 spiro atoms. The number of hydrogen-bond acceptors (Lipinski definition) is 1. The van der Waals surface area contributed by atoms with E-state index < -0.39 is 0 Å². The van der Waals surface area contributed by atoms with Gasteiger partial charge in [-0.1, -0.05) is 103 Å². The van der Waals surface area contributed by atoms with Gasteiger partial charge in [0, 0.05) is 6.54 Å². The van der Waals surface area contributed by atoms with Crippen LogP contribution < -0.4 is 0 Å². The zero-order valence-electron chi connectivity index (χ0n) is 14.5. The van der Waals surface area contributed by atoms with Crippen molar-refractivity contribution >= 4 is 12.0 Å². The summed E-state index contributed by atoms with van der Waals surface area (Å²) in [5, 5.41) is 0. The van der Waals surface area contributed by atoms with Crippen molar-refractivity contribution in [3.63, 3.8) is 0 Å². The van der Waals surface area contributed by atoms with Gasteiger partial charge in [0.25, 0.3) is 0 Å². The molecular formula is C24H21NO. The van der Waals surface area contributed by atoms with Crippen molar-refractivity contribution in [2.75, 3.05) is 0 Å². The van der Waals surface area contributed by atoms with Gasteiger partial charge in [-0.3, -0.25) is 4.79 Å². The Morgan fingerprint density at radius 2 is 1.35 bits per heavy atom. The van der Waals surface area contributed by atoms with E-state index in [2.05, 4.69) is 48.6 Å². The molecule has 128 valence electrons. The number of benzene rings is 3. The molecule has 0 unspecified atom stereocenters. The van der Waals surface area contributed by atoms with Crippen LogP contribution in [0, 0.1) is 5.92 Å². The topological polar surface area (TPSA) is 20.3 Å². The van der Waals surface area contributed by atoms with E-state index in [1.165, 1.54) is 5.56 Å². The third-order valence-electron chi connectivity index (χ3n) is 4.88. The molecule has 1 fully saturated rings. The predicted octanol–water partition coefficient (Wildman–Crippen LogP) is 5.10. The lowest BCUT2D eigenvalue weighted by Crippen LogP contribution is -2.53. The van der Waals surface area contributed by atoms with Crippen LogP contribution in [0.3, 0.4) is 0 Å². The molecule has 3 aromatic carbocycles. The molecule has 0 radical (unpaired) electrons. The van der Waals surface area contributed by atoms with Gasteiger partial charge in [-0.2, -0.15) is 0 Å². The SMILES string of the molecule is O=C1[C@H](/C=C/c2ccccc2)[C@@H](c2ccccc2)N1Cc1ccccc1. The Labute approximate surface area is 154 Å². The fraction of sp³-hybridized carbons (Fsp3) is 0.125. The Morgan fingerprint density at radius 3 is 2.00 bits per heavy atom. The van der Waals surface area contributed by atoms with Crippen LogP contribution in [0.15, 0.2) is 97.1 Å². The average Bonchev–Trinajstić information content (AvgIpc) is 2.71. The molecule has 1 aliphatic rings. The summed E-state index contributed by atoms with van der Waals surface area (Å²) in [5.74, 6) is 0.0798. The van der Waals surface area contributed by atoms with Crippen LogP contribution in [-0.4, -0.2) is 10.8 Å². The van der Waals surface area contributed by atoms with E-state index in [9.17, 15) is 4.79 Å². The van der Waals surface area contributed by atoms with Gasteiger partial charge in [0.05, 0.1) is 12.0 Å². The molecule has 0 aromatic heterocycles. The maximum atomic E-state index is 12.8. The molecule has 0 N–H and O–H groups in total. The lowest BCUT2D eigenvalue weighted by Gasteiger charge is -2.46. The quantitative estimate of drug-likeness (QED) is 0.592. The van der Waals surface area contributed by atoms with Gasteiger partial charge < -0.3 is 4.90 Å². The number of nitrogens with zero attached hydrogens (tertiary/aromatic N) is 1. The molecule has 2 heteroatoms. The Kier molecular flexibility index (Phi) is 4.65. The molecule has 0 saturated carbocycles. The van der Waals surface area contributed by atoms with E-state index in [0.29, 0.717) is 6.54 Å². The van der Waals surface area contributed by atoms with E-state index in [-0.39, 0.29) is 17.9 Å². The first kappa shape index (κ1) is 16.3. The predicted molar refractivity (Wildman–Crippen MR) is 105 cm³/mol. The first-order chi connectivity index (χ1) is 12.8. The summed E-state index contributed by atoms with van der Waals surface area (Å²) < 4.78 is 0. The second-order valence-electron chi connectivity index (χ2n) is 6.60. The number of carbonyl (C=O) groups excluding carboxylic acids is 1. The maximum absolute atomic E-state index is 12.8. The molecule has 2 nitrogen and oxygen atoms in total. The Bertz CT molecular complexity index is 887. The molecule has 0 bridgehead atoms. The second kappa shape index (κ2) is 7.40. The smallest absolute Gasteiger partial charge is 0.232 e. The fourth-order valence-corrected chi connectivity index (χ4v) is 3.54. The number of hydrogen-bond donors (Lipinski definition) is 0. The Hall–Kier alpha value is -3.13.